The Morgan fingerprint density at radius 3 is 2.65 bits per heavy atom. The number of hydrogen-bond donors (Lipinski definition) is 0. The van der Waals surface area contributed by atoms with Crippen LogP contribution in [0.4, 0.5) is 0 Å². The van der Waals surface area contributed by atoms with Crippen molar-refractivity contribution in [3.05, 3.63) is 71.8 Å². The second-order valence-corrected chi connectivity index (χ2v) is 6.18. The summed E-state index contributed by atoms with van der Waals surface area (Å²) in [5.41, 5.74) is 3.62. The molecule has 0 bridgehead atoms. The Labute approximate surface area is 137 Å². The fraction of sp³-hybridized carbons (Fsp3) is 0.286. The Morgan fingerprint density at radius 1 is 1.17 bits per heavy atom. The van der Waals surface area contributed by atoms with Crippen molar-refractivity contribution >= 4 is 11.9 Å². The van der Waals surface area contributed by atoms with Gasteiger partial charge in [0, 0.05) is 6.42 Å². The molecule has 0 radical (unpaired) electrons. The van der Waals surface area contributed by atoms with Crippen molar-refractivity contribution in [2.24, 2.45) is 11.8 Å². The highest BCUT2D eigenvalue weighted by Crippen LogP contribution is 2.48. The minimum atomic E-state index is 0.480. The van der Waals surface area contributed by atoms with Crippen LogP contribution in [0.1, 0.15) is 30.9 Å². The van der Waals surface area contributed by atoms with Gasteiger partial charge in [0.1, 0.15) is 18.6 Å². The topological polar surface area (TPSA) is 26.3 Å². The summed E-state index contributed by atoms with van der Waals surface area (Å²) < 4.78 is 5.92. The highest BCUT2D eigenvalue weighted by molar-refractivity contribution is 5.72. The van der Waals surface area contributed by atoms with Crippen molar-refractivity contribution in [3.8, 4) is 5.75 Å². The maximum atomic E-state index is 10.7. The predicted molar refractivity (Wildman–Crippen MR) is 93.1 cm³/mol. The highest BCUT2D eigenvalue weighted by Gasteiger charge is 2.36. The molecule has 1 fully saturated rings. The molecule has 0 spiro atoms. The average Bonchev–Trinajstić information content (AvgIpc) is 3.31. The third-order valence-corrected chi connectivity index (χ3v) is 4.36. The lowest BCUT2D eigenvalue weighted by Crippen LogP contribution is -1.96. The Hall–Kier alpha value is -2.35. The average molecular weight is 306 g/mol. The van der Waals surface area contributed by atoms with Crippen LogP contribution in [0.15, 0.2) is 60.7 Å². The molecule has 2 unspecified atom stereocenters. The standard InChI is InChI=1S/C21H22O2/c1-16-13-21(16)20(11-6-12-22)18-9-5-10-19(14-18)23-15-17-7-3-2-4-8-17/h2-5,7-12,14,16,21H,6,13,15H2,1H3/b20-11-. The first-order chi connectivity index (χ1) is 11.3. The fourth-order valence-electron chi connectivity index (χ4n) is 2.92. The Bertz CT molecular complexity index is 688. The number of aldehydes is 1. The Morgan fingerprint density at radius 2 is 1.96 bits per heavy atom. The first-order valence-corrected chi connectivity index (χ1v) is 8.19. The van der Waals surface area contributed by atoms with Crippen molar-refractivity contribution in [2.75, 3.05) is 0 Å². The summed E-state index contributed by atoms with van der Waals surface area (Å²) in [6.45, 7) is 2.83. The van der Waals surface area contributed by atoms with Gasteiger partial charge in [-0.3, -0.25) is 0 Å². The summed E-state index contributed by atoms with van der Waals surface area (Å²) in [6, 6.07) is 18.4. The lowest BCUT2D eigenvalue weighted by molar-refractivity contribution is -0.107. The summed E-state index contributed by atoms with van der Waals surface area (Å²) in [7, 11) is 0. The lowest BCUT2D eigenvalue weighted by Gasteiger charge is -2.11. The molecule has 2 heteroatoms. The van der Waals surface area contributed by atoms with E-state index in [1.807, 2.05) is 30.3 Å². The largest absolute Gasteiger partial charge is 0.489 e. The van der Waals surface area contributed by atoms with Crippen LogP contribution < -0.4 is 4.74 Å². The Kier molecular flexibility index (Phi) is 4.92. The molecular weight excluding hydrogens is 284 g/mol. The molecule has 1 aliphatic carbocycles. The van der Waals surface area contributed by atoms with Crippen LogP contribution in [0, 0.1) is 11.8 Å². The van der Waals surface area contributed by atoms with Crippen molar-refractivity contribution in [3.63, 3.8) is 0 Å². The molecule has 118 valence electrons. The van der Waals surface area contributed by atoms with Crippen LogP contribution >= 0.6 is 0 Å². The maximum Gasteiger partial charge on any atom is 0.123 e. The van der Waals surface area contributed by atoms with E-state index in [2.05, 4.69) is 37.3 Å². The van der Waals surface area contributed by atoms with Gasteiger partial charge in [-0.1, -0.05) is 55.5 Å². The fourth-order valence-corrected chi connectivity index (χ4v) is 2.92. The van der Waals surface area contributed by atoms with E-state index in [4.69, 9.17) is 4.74 Å². The van der Waals surface area contributed by atoms with Crippen molar-refractivity contribution in [2.45, 2.75) is 26.4 Å². The van der Waals surface area contributed by atoms with E-state index >= 15 is 0 Å². The van der Waals surface area contributed by atoms with Gasteiger partial charge in [-0.2, -0.15) is 0 Å². The predicted octanol–water partition coefficient (Wildman–Crippen LogP) is 4.89. The van der Waals surface area contributed by atoms with E-state index in [0.29, 0.717) is 24.9 Å². The first-order valence-electron chi connectivity index (χ1n) is 8.19. The molecule has 1 saturated carbocycles. The smallest absolute Gasteiger partial charge is 0.123 e. The summed E-state index contributed by atoms with van der Waals surface area (Å²) in [4.78, 5) is 10.7. The molecule has 1 aliphatic rings. The number of carbonyl (C=O) groups is 1. The SMILES string of the molecule is CC1CC1/C(=C\CC=O)c1cccc(OCc2ccccc2)c1. The molecule has 3 rings (SSSR count). The molecule has 2 aromatic carbocycles. The lowest BCUT2D eigenvalue weighted by atomic mass is 9.99. The van der Waals surface area contributed by atoms with Crippen LogP contribution in [-0.2, 0) is 11.4 Å². The van der Waals surface area contributed by atoms with Crippen LogP contribution in [0.3, 0.4) is 0 Å². The van der Waals surface area contributed by atoms with E-state index in [0.717, 1.165) is 17.6 Å². The van der Waals surface area contributed by atoms with Crippen LogP contribution in [0.2, 0.25) is 0 Å². The van der Waals surface area contributed by atoms with Gasteiger partial charge in [-0.05, 0) is 47.1 Å². The molecule has 0 saturated heterocycles. The van der Waals surface area contributed by atoms with Gasteiger partial charge in [0.05, 0.1) is 0 Å². The highest BCUT2D eigenvalue weighted by atomic mass is 16.5. The van der Waals surface area contributed by atoms with Crippen LogP contribution in [0.5, 0.6) is 5.75 Å². The zero-order valence-electron chi connectivity index (χ0n) is 13.4. The second-order valence-electron chi connectivity index (χ2n) is 6.18. The van der Waals surface area contributed by atoms with E-state index in [-0.39, 0.29) is 0 Å². The molecule has 0 heterocycles. The summed E-state index contributed by atoms with van der Waals surface area (Å²) in [5.74, 6) is 2.16. The van der Waals surface area contributed by atoms with Crippen molar-refractivity contribution < 1.29 is 9.53 Å². The zero-order valence-corrected chi connectivity index (χ0v) is 13.4. The third kappa shape index (κ3) is 4.10. The maximum absolute atomic E-state index is 10.7. The van der Waals surface area contributed by atoms with Crippen LogP contribution in [-0.4, -0.2) is 6.29 Å². The van der Waals surface area contributed by atoms with Crippen LogP contribution in [0.25, 0.3) is 5.57 Å². The van der Waals surface area contributed by atoms with E-state index in [1.54, 1.807) is 0 Å². The monoisotopic (exact) mass is 306 g/mol. The normalized spacial score (nSPS) is 20.1. The molecule has 0 aromatic heterocycles. The van der Waals surface area contributed by atoms with E-state index in [1.165, 1.54) is 17.6 Å². The summed E-state index contributed by atoms with van der Waals surface area (Å²) in [5, 5.41) is 0. The van der Waals surface area contributed by atoms with E-state index < -0.39 is 0 Å². The first kappa shape index (κ1) is 15.5. The number of ether oxygens (including phenoxy) is 1. The third-order valence-electron chi connectivity index (χ3n) is 4.36. The van der Waals surface area contributed by atoms with Crippen molar-refractivity contribution in [1.29, 1.82) is 0 Å². The quantitative estimate of drug-likeness (QED) is 0.680. The molecule has 23 heavy (non-hydrogen) atoms. The second kappa shape index (κ2) is 7.28. The minimum absolute atomic E-state index is 0.480. The number of allylic oxidation sites excluding steroid dienone is 2. The van der Waals surface area contributed by atoms with Gasteiger partial charge >= 0.3 is 0 Å². The van der Waals surface area contributed by atoms with Gasteiger partial charge in [0.2, 0.25) is 0 Å². The molecule has 0 N–H and O–H groups in total. The molecule has 0 amide bonds. The number of rotatable bonds is 7. The molecule has 2 nitrogen and oxygen atoms in total. The number of carbonyl (C=O) groups excluding carboxylic acids is 1. The van der Waals surface area contributed by atoms with Gasteiger partial charge in [-0.15, -0.1) is 0 Å². The number of benzene rings is 2. The molecule has 0 aliphatic heterocycles. The van der Waals surface area contributed by atoms with E-state index in [9.17, 15) is 4.79 Å². The van der Waals surface area contributed by atoms with Gasteiger partial charge in [0.15, 0.2) is 0 Å². The summed E-state index contributed by atoms with van der Waals surface area (Å²) in [6.07, 6.45) is 4.72. The summed E-state index contributed by atoms with van der Waals surface area (Å²) >= 11 is 0. The Balaban J connectivity index is 1.74. The molecular formula is C21H22O2. The van der Waals surface area contributed by atoms with Crippen molar-refractivity contribution in [1.82, 2.24) is 0 Å². The van der Waals surface area contributed by atoms with Gasteiger partial charge in [-0.25, -0.2) is 0 Å². The van der Waals surface area contributed by atoms with Gasteiger partial charge in [0.25, 0.3) is 0 Å². The van der Waals surface area contributed by atoms with Gasteiger partial charge < -0.3 is 9.53 Å². The zero-order chi connectivity index (χ0) is 16.1. The molecule has 2 atom stereocenters. The molecule has 2 aromatic rings. The minimum Gasteiger partial charge on any atom is -0.489 e. The number of hydrogen-bond acceptors (Lipinski definition) is 2.